The molecule has 0 aliphatic heterocycles. The molecule has 1 fully saturated rings. The van der Waals surface area contributed by atoms with Crippen LogP contribution in [0.1, 0.15) is 35.4 Å². The highest BCUT2D eigenvalue weighted by molar-refractivity contribution is 5.95. The molecule has 1 unspecified atom stereocenters. The molecular weight excluding hydrogens is 368 g/mol. The van der Waals surface area contributed by atoms with Crippen LogP contribution in [-0.4, -0.2) is 38.0 Å². The van der Waals surface area contributed by atoms with Crippen LogP contribution >= 0.6 is 0 Å². The number of nitrogens with one attached hydrogen (secondary N) is 1. The molecule has 1 amide bonds. The number of amides is 1. The normalized spacial score (nSPS) is 14.4. The van der Waals surface area contributed by atoms with Crippen LogP contribution in [0.25, 0.3) is 16.8 Å². The second-order valence-electron chi connectivity index (χ2n) is 7.39. The van der Waals surface area contributed by atoms with E-state index in [9.17, 15) is 14.7 Å². The van der Waals surface area contributed by atoms with E-state index in [1.54, 1.807) is 11.6 Å². The molecule has 29 heavy (non-hydrogen) atoms. The average molecular weight is 390 g/mol. The Kier molecular flexibility index (Phi) is 5.12. The summed E-state index contributed by atoms with van der Waals surface area (Å²) >= 11 is 0. The fourth-order valence-electron chi connectivity index (χ4n) is 3.34. The van der Waals surface area contributed by atoms with Crippen molar-refractivity contribution < 1.29 is 14.7 Å². The lowest BCUT2D eigenvalue weighted by molar-refractivity contribution is -0.139. The van der Waals surface area contributed by atoms with Crippen molar-refractivity contribution in [2.24, 2.45) is 5.92 Å². The van der Waals surface area contributed by atoms with Gasteiger partial charge in [-0.05, 0) is 42.5 Å². The van der Waals surface area contributed by atoms with Gasteiger partial charge in [0.05, 0.1) is 11.4 Å². The van der Waals surface area contributed by atoms with Gasteiger partial charge < -0.3 is 10.4 Å². The van der Waals surface area contributed by atoms with Gasteiger partial charge in [-0.15, -0.1) is 5.10 Å². The van der Waals surface area contributed by atoms with Crippen molar-refractivity contribution in [3.05, 3.63) is 66.0 Å². The fraction of sp³-hybridized carbons (Fsp3) is 0.273. The smallest absolute Gasteiger partial charge is 0.326 e. The predicted octanol–water partition coefficient (Wildman–Crippen LogP) is 3.23. The Balaban J connectivity index is 1.52. The number of aromatic nitrogens is 3. The highest BCUT2D eigenvalue weighted by Gasteiger charge is 2.31. The highest BCUT2D eigenvalue weighted by atomic mass is 16.4. The number of hydrogen-bond donors (Lipinski definition) is 2. The molecule has 1 atom stereocenters. The van der Waals surface area contributed by atoms with Crippen LogP contribution in [0.2, 0.25) is 0 Å². The minimum Gasteiger partial charge on any atom is -0.480 e. The number of carbonyl (C=O) groups is 2. The van der Waals surface area contributed by atoms with Gasteiger partial charge in [0.25, 0.3) is 5.91 Å². The summed E-state index contributed by atoms with van der Waals surface area (Å²) < 4.78 is 1.58. The number of nitrogens with zero attached hydrogens (tertiary/aromatic N) is 3. The molecule has 1 saturated carbocycles. The van der Waals surface area contributed by atoms with Gasteiger partial charge in [0.1, 0.15) is 6.04 Å². The van der Waals surface area contributed by atoms with Crippen LogP contribution in [0, 0.1) is 12.8 Å². The largest absolute Gasteiger partial charge is 0.480 e. The molecule has 7 heteroatoms. The molecule has 0 spiro atoms. The van der Waals surface area contributed by atoms with Crippen LogP contribution in [0.15, 0.2) is 54.6 Å². The van der Waals surface area contributed by atoms with E-state index in [-0.39, 0.29) is 5.69 Å². The summed E-state index contributed by atoms with van der Waals surface area (Å²) in [5.74, 6) is -1.15. The highest BCUT2D eigenvalue weighted by Crippen LogP contribution is 2.33. The first kappa shape index (κ1) is 18.9. The molecule has 7 nitrogen and oxygen atoms in total. The number of aliphatic carboxylic acids is 1. The van der Waals surface area contributed by atoms with Crippen LogP contribution in [0.4, 0.5) is 0 Å². The Hall–Kier alpha value is -3.48. The molecule has 1 aromatic heterocycles. The zero-order valence-corrected chi connectivity index (χ0v) is 16.1. The molecule has 0 radical (unpaired) electrons. The van der Waals surface area contributed by atoms with Crippen LogP contribution in [-0.2, 0) is 4.79 Å². The molecular formula is C22H22N4O3. The summed E-state index contributed by atoms with van der Waals surface area (Å²) in [4.78, 5) is 24.0. The zero-order valence-electron chi connectivity index (χ0n) is 16.1. The van der Waals surface area contributed by atoms with Crippen molar-refractivity contribution in [3.63, 3.8) is 0 Å². The van der Waals surface area contributed by atoms with Gasteiger partial charge in [-0.3, -0.25) is 4.79 Å². The molecule has 0 bridgehead atoms. The SMILES string of the molecule is Cc1c(C(=O)NC(CC2CC2)C(=O)O)nnn1-c1ccc(-c2ccccc2)cc1. The predicted molar refractivity (Wildman–Crippen MR) is 108 cm³/mol. The lowest BCUT2D eigenvalue weighted by atomic mass is 10.1. The third-order valence-electron chi connectivity index (χ3n) is 5.20. The van der Waals surface area contributed by atoms with Crippen LogP contribution in [0.5, 0.6) is 0 Å². The maximum Gasteiger partial charge on any atom is 0.326 e. The fourth-order valence-corrected chi connectivity index (χ4v) is 3.34. The van der Waals surface area contributed by atoms with Gasteiger partial charge in [0, 0.05) is 0 Å². The Morgan fingerprint density at radius 2 is 1.76 bits per heavy atom. The summed E-state index contributed by atoms with van der Waals surface area (Å²) in [7, 11) is 0. The van der Waals surface area contributed by atoms with E-state index in [2.05, 4.69) is 15.6 Å². The number of carboxylic acid groups (broad SMARTS) is 1. The van der Waals surface area contributed by atoms with E-state index in [0.717, 1.165) is 29.7 Å². The monoisotopic (exact) mass is 390 g/mol. The van der Waals surface area contributed by atoms with Crippen molar-refractivity contribution in [2.75, 3.05) is 0 Å². The Labute approximate surface area is 168 Å². The number of carboxylic acids is 1. The van der Waals surface area contributed by atoms with Gasteiger partial charge >= 0.3 is 5.97 Å². The van der Waals surface area contributed by atoms with E-state index in [1.807, 2.05) is 54.6 Å². The summed E-state index contributed by atoms with van der Waals surface area (Å²) in [6.07, 6.45) is 2.50. The van der Waals surface area contributed by atoms with Gasteiger partial charge in [-0.25, -0.2) is 9.48 Å². The van der Waals surface area contributed by atoms with Crippen LogP contribution in [0.3, 0.4) is 0 Å². The van der Waals surface area contributed by atoms with Gasteiger partial charge in [0.2, 0.25) is 0 Å². The second-order valence-corrected chi connectivity index (χ2v) is 7.39. The van der Waals surface area contributed by atoms with Gasteiger partial charge in [-0.1, -0.05) is 60.5 Å². The van der Waals surface area contributed by atoms with E-state index in [0.29, 0.717) is 18.0 Å². The summed E-state index contributed by atoms with van der Waals surface area (Å²) in [5, 5.41) is 20.0. The molecule has 2 N–H and O–H groups in total. The molecule has 148 valence electrons. The van der Waals surface area contributed by atoms with E-state index in [1.165, 1.54) is 0 Å². The third kappa shape index (κ3) is 4.18. The number of rotatable bonds is 7. The maximum atomic E-state index is 12.6. The Morgan fingerprint density at radius 1 is 1.10 bits per heavy atom. The third-order valence-corrected chi connectivity index (χ3v) is 5.20. The molecule has 4 rings (SSSR count). The van der Waals surface area contributed by atoms with E-state index in [4.69, 9.17) is 0 Å². The summed E-state index contributed by atoms with van der Waals surface area (Å²) in [6, 6.07) is 16.9. The van der Waals surface area contributed by atoms with Crippen molar-refractivity contribution >= 4 is 11.9 Å². The molecule has 2 aromatic carbocycles. The van der Waals surface area contributed by atoms with Crippen molar-refractivity contribution in [2.45, 2.75) is 32.2 Å². The molecule has 1 aliphatic rings. The molecule has 1 heterocycles. The summed E-state index contributed by atoms with van der Waals surface area (Å²) in [6.45, 7) is 1.75. The quantitative estimate of drug-likeness (QED) is 0.646. The number of carbonyl (C=O) groups excluding carboxylic acids is 1. The standard InChI is InChI=1S/C22H22N4O3/c1-14-20(21(27)23-19(22(28)29)13-15-7-8-15)24-25-26(14)18-11-9-17(10-12-18)16-5-3-2-4-6-16/h2-6,9-12,15,19H,7-8,13H2,1H3,(H,23,27)(H,28,29). The minimum atomic E-state index is -1.02. The van der Waals surface area contributed by atoms with Gasteiger partial charge in [-0.2, -0.15) is 0 Å². The number of hydrogen-bond acceptors (Lipinski definition) is 4. The Morgan fingerprint density at radius 3 is 2.38 bits per heavy atom. The lowest BCUT2D eigenvalue weighted by Crippen LogP contribution is -2.41. The maximum absolute atomic E-state index is 12.6. The van der Waals surface area contributed by atoms with Crippen molar-refractivity contribution in [1.82, 2.24) is 20.3 Å². The molecule has 3 aromatic rings. The topological polar surface area (TPSA) is 97.1 Å². The number of benzene rings is 2. The second kappa shape index (κ2) is 7.87. The van der Waals surface area contributed by atoms with Crippen molar-refractivity contribution in [1.29, 1.82) is 0 Å². The van der Waals surface area contributed by atoms with E-state index >= 15 is 0 Å². The Bertz CT molecular complexity index is 1020. The molecule has 1 aliphatic carbocycles. The lowest BCUT2D eigenvalue weighted by Gasteiger charge is -2.13. The average Bonchev–Trinajstić information content (AvgIpc) is 3.47. The van der Waals surface area contributed by atoms with Crippen LogP contribution < -0.4 is 5.32 Å². The molecule has 0 saturated heterocycles. The van der Waals surface area contributed by atoms with E-state index < -0.39 is 17.9 Å². The first-order valence-electron chi connectivity index (χ1n) is 9.65. The summed E-state index contributed by atoms with van der Waals surface area (Å²) in [5.41, 5.74) is 3.67. The van der Waals surface area contributed by atoms with Crippen molar-refractivity contribution in [3.8, 4) is 16.8 Å². The zero-order chi connectivity index (χ0) is 20.4. The minimum absolute atomic E-state index is 0.138. The first-order chi connectivity index (χ1) is 14.0. The van der Waals surface area contributed by atoms with Gasteiger partial charge in [0.15, 0.2) is 5.69 Å². The first-order valence-corrected chi connectivity index (χ1v) is 9.65.